The Kier molecular flexibility index (Phi) is 6.79. The van der Waals surface area contributed by atoms with Gasteiger partial charge in [0.25, 0.3) is 10.0 Å². The molecule has 0 bridgehead atoms. The predicted octanol–water partition coefficient (Wildman–Crippen LogP) is 4.38. The molecule has 168 valence electrons. The van der Waals surface area contributed by atoms with E-state index in [1.54, 1.807) is 20.2 Å². The van der Waals surface area contributed by atoms with Gasteiger partial charge in [-0.15, -0.1) is 0 Å². The van der Waals surface area contributed by atoms with Crippen LogP contribution in [0.15, 0.2) is 77.7 Å². The Balaban J connectivity index is 1.75. The summed E-state index contributed by atoms with van der Waals surface area (Å²) in [4.78, 5) is 0.272. The highest BCUT2D eigenvalue weighted by Crippen LogP contribution is 2.42. The highest BCUT2D eigenvalue weighted by atomic mass is 32.2. The number of rotatable bonds is 8. The number of benzene rings is 3. The molecule has 0 aliphatic carbocycles. The molecule has 6 nitrogen and oxygen atoms in total. The van der Waals surface area contributed by atoms with E-state index < -0.39 is 10.0 Å². The number of nitrogens with zero attached hydrogens (tertiary/aromatic N) is 1. The fourth-order valence-corrected chi connectivity index (χ4v) is 5.53. The first kappa shape index (κ1) is 22.3. The minimum atomic E-state index is -3.75. The summed E-state index contributed by atoms with van der Waals surface area (Å²) in [5.74, 6) is 1.03. The molecule has 0 radical (unpaired) electrons. The number of hydrogen-bond acceptors (Lipinski definition) is 5. The summed E-state index contributed by atoms with van der Waals surface area (Å²) in [6.07, 6.45) is 0.889. The molecule has 1 unspecified atom stereocenters. The molecule has 4 rings (SSSR count). The van der Waals surface area contributed by atoms with Crippen LogP contribution in [0.25, 0.3) is 0 Å². The molecular formula is C25H28N2O4S. The molecule has 7 heteroatoms. The monoisotopic (exact) mass is 452 g/mol. The van der Waals surface area contributed by atoms with E-state index in [9.17, 15) is 8.42 Å². The number of methoxy groups -OCH3 is 1. The Labute approximate surface area is 189 Å². The van der Waals surface area contributed by atoms with Gasteiger partial charge in [-0.1, -0.05) is 42.5 Å². The van der Waals surface area contributed by atoms with E-state index in [0.717, 1.165) is 24.1 Å². The minimum Gasteiger partial charge on any atom is -0.457 e. The first-order valence-corrected chi connectivity index (χ1v) is 12.1. The Morgan fingerprint density at radius 1 is 0.938 bits per heavy atom. The Hall–Kier alpha value is -2.87. The van der Waals surface area contributed by atoms with E-state index in [1.807, 2.05) is 66.7 Å². The van der Waals surface area contributed by atoms with Gasteiger partial charge in [-0.2, -0.15) is 0 Å². The van der Waals surface area contributed by atoms with Gasteiger partial charge in [0.2, 0.25) is 0 Å². The standard InChI is InChI=1S/C25H28N2O4S/c1-27-24-12-7-6-11-21(24)23(18-26-15-8-16-30-2)22-14-13-20(17-25(22)32(27,28)29)31-19-9-4-3-5-10-19/h3-7,9-14,17,23,26H,8,15-16,18H2,1-2H3. The molecule has 0 saturated carbocycles. The summed E-state index contributed by atoms with van der Waals surface area (Å²) in [6.45, 7) is 2.09. The number of ether oxygens (including phenoxy) is 2. The van der Waals surface area contributed by atoms with Crippen LogP contribution in [0.5, 0.6) is 11.5 Å². The highest BCUT2D eigenvalue weighted by Gasteiger charge is 2.35. The zero-order valence-electron chi connectivity index (χ0n) is 18.3. The average molecular weight is 453 g/mol. The molecule has 1 N–H and O–H groups in total. The Morgan fingerprint density at radius 2 is 1.69 bits per heavy atom. The second-order valence-corrected chi connectivity index (χ2v) is 9.69. The van der Waals surface area contributed by atoms with Crippen LogP contribution in [0.4, 0.5) is 5.69 Å². The van der Waals surface area contributed by atoms with Gasteiger partial charge in [0.15, 0.2) is 0 Å². The summed E-state index contributed by atoms with van der Waals surface area (Å²) in [6, 6.07) is 22.4. The Bertz CT molecular complexity index is 1170. The van der Waals surface area contributed by atoms with Crippen LogP contribution < -0.4 is 14.4 Å². The smallest absolute Gasteiger partial charge is 0.264 e. The predicted molar refractivity (Wildman–Crippen MR) is 126 cm³/mol. The normalized spacial score (nSPS) is 16.7. The van der Waals surface area contributed by atoms with Crippen LogP contribution in [-0.4, -0.2) is 42.3 Å². The summed E-state index contributed by atoms with van der Waals surface area (Å²) in [7, 11) is -0.456. The van der Waals surface area contributed by atoms with Crippen molar-refractivity contribution in [1.29, 1.82) is 0 Å². The molecule has 1 heterocycles. The van der Waals surface area contributed by atoms with Gasteiger partial charge in [0.1, 0.15) is 11.5 Å². The summed E-state index contributed by atoms with van der Waals surface area (Å²) >= 11 is 0. The van der Waals surface area contributed by atoms with Crippen molar-refractivity contribution >= 4 is 15.7 Å². The van der Waals surface area contributed by atoms with E-state index in [-0.39, 0.29) is 10.8 Å². The average Bonchev–Trinajstić information content (AvgIpc) is 2.88. The maximum absolute atomic E-state index is 13.6. The van der Waals surface area contributed by atoms with Gasteiger partial charge in [0, 0.05) is 39.3 Å². The number of sulfonamides is 1. The number of hydrogen-bond donors (Lipinski definition) is 1. The molecule has 0 amide bonds. The van der Waals surface area contributed by atoms with Crippen molar-refractivity contribution in [2.45, 2.75) is 17.2 Å². The second-order valence-electron chi connectivity index (χ2n) is 7.75. The third-order valence-electron chi connectivity index (χ3n) is 5.68. The summed E-state index contributed by atoms with van der Waals surface area (Å²) in [5.41, 5.74) is 2.44. The fraction of sp³-hybridized carbons (Fsp3) is 0.280. The van der Waals surface area contributed by atoms with Gasteiger partial charge in [-0.25, -0.2) is 8.42 Å². The van der Waals surface area contributed by atoms with Crippen molar-refractivity contribution in [2.24, 2.45) is 0 Å². The first-order chi connectivity index (χ1) is 15.5. The lowest BCUT2D eigenvalue weighted by molar-refractivity contribution is 0.194. The van der Waals surface area contributed by atoms with E-state index in [1.165, 1.54) is 4.31 Å². The number of para-hydroxylation sites is 2. The third-order valence-corrected chi connectivity index (χ3v) is 7.51. The molecule has 1 aliphatic rings. The maximum atomic E-state index is 13.6. The molecule has 0 spiro atoms. The van der Waals surface area contributed by atoms with Gasteiger partial charge in [-0.05, 0) is 48.4 Å². The topological polar surface area (TPSA) is 67.9 Å². The van der Waals surface area contributed by atoms with Gasteiger partial charge in [0.05, 0.1) is 10.6 Å². The van der Waals surface area contributed by atoms with Gasteiger partial charge in [-0.3, -0.25) is 4.31 Å². The first-order valence-electron chi connectivity index (χ1n) is 10.7. The Morgan fingerprint density at radius 3 is 2.47 bits per heavy atom. The minimum absolute atomic E-state index is 0.116. The summed E-state index contributed by atoms with van der Waals surface area (Å²) < 4.78 is 39.6. The molecular weight excluding hydrogens is 424 g/mol. The summed E-state index contributed by atoms with van der Waals surface area (Å²) in [5, 5.41) is 3.47. The third kappa shape index (κ3) is 4.50. The molecule has 0 saturated heterocycles. The van der Waals surface area contributed by atoms with Gasteiger partial charge >= 0.3 is 0 Å². The second kappa shape index (κ2) is 9.73. The van der Waals surface area contributed by atoms with Crippen molar-refractivity contribution in [3.05, 3.63) is 83.9 Å². The van der Waals surface area contributed by atoms with Crippen molar-refractivity contribution in [1.82, 2.24) is 5.32 Å². The zero-order chi connectivity index (χ0) is 22.6. The molecule has 32 heavy (non-hydrogen) atoms. The highest BCUT2D eigenvalue weighted by molar-refractivity contribution is 7.92. The van der Waals surface area contributed by atoms with E-state index >= 15 is 0 Å². The molecule has 0 fully saturated rings. The van der Waals surface area contributed by atoms with Gasteiger partial charge < -0.3 is 14.8 Å². The van der Waals surface area contributed by atoms with E-state index in [0.29, 0.717) is 30.3 Å². The van der Waals surface area contributed by atoms with Crippen LogP contribution in [0.2, 0.25) is 0 Å². The van der Waals surface area contributed by atoms with Crippen LogP contribution in [0.3, 0.4) is 0 Å². The van der Waals surface area contributed by atoms with Crippen LogP contribution in [0.1, 0.15) is 23.5 Å². The van der Waals surface area contributed by atoms with Crippen LogP contribution >= 0.6 is 0 Å². The number of nitrogens with one attached hydrogen (secondary N) is 1. The maximum Gasteiger partial charge on any atom is 0.264 e. The van der Waals surface area contributed by atoms with Crippen molar-refractivity contribution in [3.8, 4) is 11.5 Å². The molecule has 1 atom stereocenters. The SMILES string of the molecule is COCCCNCC1c2ccccc2N(C)S(=O)(=O)c2cc(Oc3ccccc3)ccc21. The quantitative estimate of drug-likeness (QED) is 0.514. The van der Waals surface area contributed by atoms with Crippen molar-refractivity contribution in [2.75, 3.05) is 38.2 Å². The fourth-order valence-electron chi connectivity index (χ4n) is 4.04. The number of anilines is 1. The van der Waals surface area contributed by atoms with Crippen molar-refractivity contribution < 1.29 is 17.9 Å². The van der Waals surface area contributed by atoms with E-state index in [4.69, 9.17) is 9.47 Å². The lowest BCUT2D eigenvalue weighted by Crippen LogP contribution is -2.26. The van der Waals surface area contributed by atoms with Crippen LogP contribution in [0, 0.1) is 0 Å². The molecule has 3 aromatic carbocycles. The van der Waals surface area contributed by atoms with Crippen LogP contribution in [-0.2, 0) is 14.8 Å². The molecule has 0 aromatic heterocycles. The largest absolute Gasteiger partial charge is 0.457 e. The molecule has 1 aliphatic heterocycles. The number of fused-ring (bicyclic) bond motifs is 2. The zero-order valence-corrected chi connectivity index (χ0v) is 19.1. The molecule has 3 aromatic rings. The van der Waals surface area contributed by atoms with E-state index in [2.05, 4.69) is 5.32 Å². The van der Waals surface area contributed by atoms with Crippen molar-refractivity contribution in [3.63, 3.8) is 0 Å². The lowest BCUT2D eigenvalue weighted by atomic mass is 9.89. The lowest BCUT2D eigenvalue weighted by Gasteiger charge is -2.21.